The van der Waals surface area contributed by atoms with Crippen LogP contribution in [0.1, 0.15) is 37.9 Å². The summed E-state index contributed by atoms with van der Waals surface area (Å²) in [6.45, 7) is 4.00. The number of carbonyl (C=O) groups is 2. The molecule has 0 saturated carbocycles. The fourth-order valence-corrected chi connectivity index (χ4v) is 2.98. The average molecular weight is 372 g/mol. The molecular formula is C20H18ClNO4. The molecule has 0 aliphatic carbocycles. The monoisotopic (exact) mass is 371 g/mol. The highest BCUT2D eigenvalue weighted by atomic mass is 35.5. The van der Waals surface area contributed by atoms with Crippen molar-refractivity contribution in [2.24, 2.45) is 0 Å². The first-order chi connectivity index (χ1) is 12.5. The predicted octanol–water partition coefficient (Wildman–Crippen LogP) is 4.44. The molecule has 3 rings (SSSR count). The molecule has 2 aromatic heterocycles. The molecule has 2 heterocycles. The van der Waals surface area contributed by atoms with Gasteiger partial charge in [0, 0.05) is 22.0 Å². The van der Waals surface area contributed by atoms with E-state index in [1.165, 1.54) is 6.07 Å². The third-order valence-electron chi connectivity index (χ3n) is 4.16. The van der Waals surface area contributed by atoms with Crippen molar-refractivity contribution in [3.63, 3.8) is 0 Å². The maximum atomic E-state index is 12.5. The van der Waals surface area contributed by atoms with Crippen LogP contribution in [0.5, 0.6) is 0 Å². The highest BCUT2D eigenvalue weighted by molar-refractivity contribution is 6.30. The summed E-state index contributed by atoms with van der Waals surface area (Å²) in [5, 5.41) is 0.437. The maximum Gasteiger partial charge on any atom is 0.338 e. The average Bonchev–Trinajstić information content (AvgIpc) is 3.23. The molecule has 0 saturated heterocycles. The number of nitrogens with zero attached hydrogens (tertiary/aromatic N) is 1. The van der Waals surface area contributed by atoms with Crippen molar-refractivity contribution in [1.82, 2.24) is 4.57 Å². The zero-order valence-corrected chi connectivity index (χ0v) is 15.2. The van der Waals surface area contributed by atoms with Crippen LogP contribution in [0.2, 0.25) is 5.02 Å². The number of hydrogen-bond donors (Lipinski definition) is 0. The molecule has 0 aliphatic heterocycles. The number of aryl methyl sites for hydroxylation is 1. The Morgan fingerprint density at radius 2 is 1.96 bits per heavy atom. The predicted molar refractivity (Wildman–Crippen MR) is 97.8 cm³/mol. The minimum absolute atomic E-state index is 0.251. The van der Waals surface area contributed by atoms with E-state index >= 15 is 0 Å². The van der Waals surface area contributed by atoms with Crippen LogP contribution in [-0.4, -0.2) is 22.9 Å². The molecule has 134 valence electrons. The molecule has 0 atom stereocenters. The van der Waals surface area contributed by atoms with Gasteiger partial charge in [-0.3, -0.25) is 4.79 Å². The van der Waals surface area contributed by atoms with E-state index in [2.05, 4.69) is 0 Å². The molecule has 0 bridgehead atoms. The fraction of sp³-hybridized carbons (Fsp3) is 0.200. The van der Waals surface area contributed by atoms with Crippen LogP contribution >= 0.6 is 11.6 Å². The maximum absolute atomic E-state index is 12.5. The Balaban J connectivity index is 1.69. The van der Waals surface area contributed by atoms with E-state index in [0.29, 0.717) is 22.7 Å². The fourth-order valence-electron chi connectivity index (χ4n) is 2.79. The molecule has 0 fully saturated rings. The zero-order valence-electron chi connectivity index (χ0n) is 14.5. The Morgan fingerprint density at radius 3 is 2.65 bits per heavy atom. The van der Waals surface area contributed by atoms with Crippen LogP contribution in [0.3, 0.4) is 0 Å². The number of rotatable bonds is 6. The smallest absolute Gasteiger partial charge is 0.338 e. The van der Waals surface area contributed by atoms with Crippen LogP contribution in [0, 0.1) is 13.8 Å². The Morgan fingerprint density at radius 1 is 1.15 bits per heavy atom. The number of furan rings is 1. The Labute approximate surface area is 156 Å². The van der Waals surface area contributed by atoms with Gasteiger partial charge in [0.05, 0.1) is 18.4 Å². The van der Waals surface area contributed by atoms with Crippen LogP contribution in [0.15, 0.2) is 53.1 Å². The van der Waals surface area contributed by atoms with Crippen molar-refractivity contribution in [1.29, 1.82) is 0 Å². The summed E-state index contributed by atoms with van der Waals surface area (Å²) in [7, 11) is 0. The van der Waals surface area contributed by atoms with Gasteiger partial charge >= 0.3 is 5.97 Å². The number of aromatic nitrogens is 1. The van der Waals surface area contributed by atoms with Gasteiger partial charge < -0.3 is 13.7 Å². The van der Waals surface area contributed by atoms with Gasteiger partial charge in [-0.05, 0) is 50.2 Å². The summed E-state index contributed by atoms with van der Waals surface area (Å²) in [5.41, 5.74) is 2.59. The molecule has 0 aliphatic rings. The topological polar surface area (TPSA) is 61.4 Å². The van der Waals surface area contributed by atoms with Gasteiger partial charge in [-0.1, -0.05) is 17.7 Å². The first-order valence-electron chi connectivity index (χ1n) is 8.10. The van der Waals surface area contributed by atoms with Gasteiger partial charge in [0.15, 0.2) is 6.61 Å². The molecule has 1 aromatic carbocycles. The van der Waals surface area contributed by atoms with E-state index in [-0.39, 0.29) is 12.4 Å². The lowest BCUT2D eigenvalue weighted by Gasteiger charge is -2.08. The number of halogens is 1. The molecule has 0 amide bonds. The summed E-state index contributed by atoms with van der Waals surface area (Å²) in [5.74, 6) is -0.0254. The third kappa shape index (κ3) is 3.89. The number of carbonyl (C=O) groups excluding carboxylic acids is 2. The normalized spacial score (nSPS) is 10.7. The number of Topliss-reactive ketones (excluding diaryl/α,β-unsaturated/α-hetero) is 1. The number of esters is 1. The largest absolute Gasteiger partial charge is 0.467 e. The zero-order chi connectivity index (χ0) is 18.7. The lowest BCUT2D eigenvalue weighted by Crippen LogP contribution is -2.15. The van der Waals surface area contributed by atoms with Crippen LogP contribution in [-0.2, 0) is 11.3 Å². The second-order valence-electron chi connectivity index (χ2n) is 5.96. The van der Waals surface area contributed by atoms with Crippen molar-refractivity contribution >= 4 is 23.4 Å². The minimum atomic E-state index is -0.578. The van der Waals surface area contributed by atoms with E-state index in [0.717, 1.165) is 17.1 Å². The van der Waals surface area contributed by atoms with Gasteiger partial charge in [0.1, 0.15) is 5.76 Å². The molecule has 0 unspecified atom stereocenters. The Hall–Kier alpha value is -2.79. The number of ether oxygens (including phenoxy) is 1. The van der Waals surface area contributed by atoms with Crippen LogP contribution in [0.4, 0.5) is 0 Å². The number of hydrogen-bond acceptors (Lipinski definition) is 4. The van der Waals surface area contributed by atoms with E-state index in [1.807, 2.05) is 30.5 Å². The Bertz CT molecular complexity index is 941. The lowest BCUT2D eigenvalue weighted by molar-refractivity contribution is 0.0474. The second-order valence-corrected chi connectivity index (χ2v) is 6.40. The summed E-state index contributed by atoms with van der Waals surface area (Å²) < 4.78 is 12.5. The first-order valence-corrected chi connectivity index (χ1v) is 8.48. The van der Waals surface area contributed by atoms with E-state index in [4.69, 9.17) is 20.8 Å². The highest BCUT2D eigenvalue weighted by Gasteiger charge is 2.18. The molecular weight excluding hydrogens is 354 g/mol. The number of ketones is 1. The standard InChI is InChI=1S/C20H18ClNO4/c1-13-9-18(14(2)22(13)11-17-7-4-8-25-17)19(23)12-26-20(24)15-5-3-6-16(21)10-15/h3-10H,11-12H2,1-2H3. The minimum Gasteiger partial charge on any atom is -0.467 e. The highest BCUT2D eigenvalue weighted by Crippen LogP contribution is 2.18. The second kappa shape index (κ2) is 7.62. The van der Waals surface area contributed by atoms with Gasteiger partial charge in [-0.25, -0.2) is 4.79 Å². The molecule has 5 nitrogen and oxygen atoms in total. The van der Waals surface area contributed by atoms with E-state index < -0.39 is 5.97 Å². The molecule has 0 spiro atoms. The molecule has 3 aromatic rings. The van der Waals surface area contributed by atoms with Crippen molar-refractivity contribution in [3.05, 3.63) is 82.0 Å². The molecule has 6 heteroatoms. The van der Waals surface area contributed by atoms with E-state index in [1.54, 1.807) is 30.5 Å². The summed E-state index contributed by atoms with van der Waals surface area (Å²) in [4.78, 5) is 24.5. The van der Waals surface area contributed by atoms with Crippen molar-refractivity contribution in [2.75, 3.05) is 6.61 Å². The van der Waals surface area contributed by atoms with Crippen molar-refractivity contribution in [2.45, 2.75) is 20.4 Å². The van der Waals surface area contributed by atoms with Crippen LogP contribution < -0.4 is 0 Å². The quantitative estimate of drug-likeness (QED) is 0.474. The number of benzene rings is 1. The SMILES string of the molecule is Cc1cc(C(=O)COC(=O)c2cccc(Cl)c2)c(C)n1Cc1ccco1. The van der Waals surface area contributed by atoms with E-state index in [9.17, 15) is 9.59 Å². The first kappa shape index (κ1) is 18.0. The van der Waals surface area contributed by atoms with Gasteiger partial charge in [0.2, 0.25) is 5.78 Å². The van der Waals surface area contributed by atoms with Crippen molar-refractivity contribution in [3.8, 4) is 0 Å². The molecule has 0 radical (unpaired) electrons. The Kier molecular flexibility index (Phi) is 5.28. The van der Waals surface area contributed by atoms with Crippen molar-refractivity contribution < 1.29 is 18.7 Å². The summed E-state index contributed by atoms with van der Waals surface area (Å²) in [6.07, 6.45) is 1.62. The lowest BCUT2D eigenvalue weighted by atomic mass is 10.1. The summed E-state index contributed by atoms with van der Waals surface area (Å²) in [6, 6.07) is 11.9. The van der Waals surface area contributed by atoms with Gasteiger partial charge in [-0.2, -0.15) is 0 Å². The van der Waals surface area contributed by atoms with Crippen LogP contribution in [0.25, 0.3) is 0 Å². The third-order valence-corrected chi connectivity index (χ3v) is 4.40. The van der Waals surface area contributed by atoms with Gasteiger partial charge in [-0.15, -0.1) is 0 Å². The molecule has 26 heavy (non-hydrogen) atoms. The molecule has 0 N–H and O–H groups in total. The van der Waals surface area contributed by atoms with Gasteiger partial charge in [0.25, 0.3) is 0 Å². The summed E-state index contributed by atoms with van der Waals surface area (Å²) >= 11 is 5.86.